The van der Waals surface area contributed by atoms with Gasteiger partial charge in [0.25, 0.3) is 0 Å². The molecule has 1 aromatic rings. The van der Waals surface area contributed by atoms with E-state index in [4.69, 9.17) is 19.5 Å². The number of fused-ring (bicyclic) bond motifs is 1. The number of carbonyl (C=O) groups excluding carboxylic acids is 1. The third-order valence-corrected chi connectivity index (χ3v) is 3.73. The Kier molecular flexibility index (Phi) is 3.30. The number of rotatable bonds is 2. The molecule has 1 aromatic carbocycles. The number of benzene rings is 1. The van der Waals surface area contributed by atoms with E-state index in [-0.39, 0.29) is 6.61 Å². The number of esters is 1. The first-order chi connectivity index (χ1) is 10.4. The van der Waals surface area contributed by atoms with Crippen molar-refractivity contribution in [3.05, 3.63) is 41.2 Å². The van der Waals surface area contributed by atoms with Gasteiger partial charge in [0.15, 0.2) is 6.10 Å². The molecule has 0 fully saturated rings. The van der Waals surface area contributed by atoms with Gasteiger partial charge in [0, 0.05) is 5.56 Å². The van der Waals surface area contributed by atoms with Crippen LogP contribution >= 0.6 is 0 Å². The van der Waals surface area contributed by atoms with Gasteiger partial charge in [0.1, 0.15) is 29.8 Å². The first-order valence-corrected chi connectivity index (χ1v) is 6.86. The second kappa shape index (κ2) is 5.04. The molecule has 1 N–H and O–H groups in total. The van der Waals surface area contributed by atoms with Gasteiger partial charge in [-0.1, -0.05) is 0 Å². The number of hydrogen-bond acceptors (Lipinski definition) is 6. The van der Waals surface area contributed by atoms with E-state index in [1.54, 1.807) is 32.0 Å². The van der Waals surface area contributed by atoms with Crippen LogP contribution in [-0.4, -0.2) is 29.4 Å². The number of aliphatic hydroxyl groups excluding tert-OH is 1. The molecule has 114 valence electrons. The molecule has 6 nitrogen and oxygen atoms in total. The molecule has 2 heterocycles. The molecule has 22 heavy (non-hydrogen) atoms. The predicted octanol–water partition coefficient (Wildman–Crippen LogP) is 1.59. The summed E-state index contributed by atoms with van der Waals surface area (Å²) in [5.74, 6) is 0.423. The number of aliphatic hydroxyl groups is 1. The van der Waals surface area contributed by atoms with Crippen LogP contribution in [0.5, 0.6) is 5.75 Å². The zero-order chi connectivity index (χ0) is 15.9. The lowest BCUT2D eigenvalue weighted by molar-refractivity contribution is -0.136. The Morgan fingerprint density at radius 3 is 2.86 bits per heavy atom. The van der Waals surface area contributed by atoms with E-state index in [0.29, 0.717) is 22.6 Å². The lowest BCUT2D eigenvalue weighted by Crippen LogP contribution is -2.49. The molecule has 2 atom stereocenters. The van der Waals surface area contributed by atoms with Crippen LogP contribution in [0.15, 0.2) is 30.0 Å². The zero-order valence-corrected chi connectivity index (χ0v) is 12.2. The Labute approximate surface area is 127 Å². The Morgan fingerprint density at radius 2 is 2.23 bits per heavy atom. The third-order valence-electron chi connectivity index (χ3n) is 3.73. The van der Waals surface area contributed by atoms with Crippen molar-refractivity contribution in [2.45, 2.75) is 31.7 Å². The first kappa shape index (κ1) is 14.4. The molecule has 0 unspecified atom stereocenters. The van der Waals surface area contributed by atoms with Crippen LogP contribution in [0, 0.1) is 11.3 Å². The average molecular weight is 301 g/mol. The molecule has 0 bridgehead atoms. The summed E-state index contributed by atoms with van der Waals surface area (Å²) < 4.78 is 16.4. The van der Waals surface area contributed by atoms with Crippen molar-refractivity contribution < 1.29 is 24.1 Å². The quantitative estimate of drug-likeness (QED) is 0.834. The maximum Gasteiger partial charge on any atom is 0.334 e. The predicted molar refractivity (Wildman–Crippen MR) is 74.7 cm³/mol. The highest BCUT2D eigenvalue weighted by molar-refractivity contribution is 5.84. The van der Waals surface area contributed by atoms with Crippen molar-refractivity contribution in [2.24, 2.45) is 0 Å². The number of carbonyl (C=O) groups is 1. The summed E-state index contributed by atoms with van der Waals surface area (Å²) in [6.45, 7) is 3.54. The van der Waals surface area contributed by atoms with Gasteiger partial charge in [-0.2, -0.15) is 5.26 Å². The zero-order valence-electron chi connectivity index (χ0n) is 12.2. The molecule has 0 saturated heterocycles. The highest BCUT2D eigenvalue weighted by Crippen LogP contribution is 2.43. The fourth-order valence-electron chi connectivity index (χ4n) is 2.53. The summed E-state index contributed by atoms with van der Waals surface area (Å²) in [6, 6.07) is 7.00. The molecule has 2 aliphatic rings. The van der Waals surface area contributed by atoms with Crippen LogP contribution in [0.2, 0.25) is 0 Å². The Morgan fingerprint density at radius 1 is 1.45 bits per heavy atom. The lowest BCUT2D eigenvalue weighted by atomic mass is 9.87. The van der Waals surface area contributed by atoms with Crippen LogP contribution < -0.4 is 4.74 Å². The van der Waals surface area contributed by atoms with Crippen molar-refractivity contribution in [3.8, 4) is 11.8 Å². The number of hydrogen-bond donors (Lipinski definition) is 1. The van der Waals surface area contributed by atoms with Crippen LogP contribution in [0.3, 0.4) is 0 Å². The van der Waals surface area contributed by atoms with Crippen molar-refractivity contribution in [1.29, 1.82) is 5.26 Å². The normalized spacial score (nSPS) is 25.4. The minimum absolute atomic E-state index is 0.0383. The van der Waals surface area contributed by atoms with Gasteiger partial charge in [-0.3, -0.25) is 0 Å². The smallest absolute Gasteiger partial charge is 0.334 e. The summed E-state index contributed by atoms with van der Waals surface area (Å²) in [5.41, 5.74) is 0.150. The number of nitriles is 1. The van der Waals surface area contributed by atoms with E-state index < -0.39 is 23.8 Å². The SMILES string of the molecule is CC1(C)Oc2ccc(C#N)cc2[C@H](OC2=CC(=O)OC2)[C@H]1O. The van der Waals surface area contributed by atoms with E-state index >= 15 is 0 Å². The second-order valence-electron chi connectivity index (χ2n) is 5.77. The summed E-state index contributed by atoms with van der Waals surface area (Å²) in [7, 11) is 0. The monoisotopic (exact) mass is 301 g/mol. The minimum Gasteiger partial charge on any atom is -0.485 e. The Hall–Kier alpha value is -2.52. The molecular weight excluding hydrogens is 286 g/mol. The average Bonchev–Trinajstić information content (AvgIpc) is 2.88. The van der Waals surface area contributed by atoms with Gasteiger partial charge in [0.05, 0.1) is 17.7 Å². The van der Waals surface area contributed by atoms with Gasteiger partial charge in [-0.15, -0.1) is 0 Å². The lowest BCUT2D eigenvalue weighted by Gasteiger charge is -2.41. The Balaban J connectivity index is 2.01. The fraction of sp³-hybridized carbons (Fsp3) is 0.375. The summed E-state index contributed by atoms with van der Waals surface area (Å²) in [6.07, 6.45) is -0.457. The van der Waals surface area contributed by atoms with Gasteiger partial charge in [-0.05, 0) is 32.0 Å². The molecule has 6 heteroatoms. The standard InChI is InChI=1S/C16H15NO5/c1-16(2)15(19)14(21-10-6-13(18)20-8-10)11-5-9(7-17)3-4-12(11)22-16/h3-6,14-15,19H,8H2,1-2H3/t14-,15+/m0/s1. The van der Waals surface area contributed by atoms with Crippen LogP contribution in [0.4, 0.5) is 0 Å². The van der Waals surface area contributed by atoms with Crippen LogP contribution in [-0.2, 0) is 14.3 Å². The molecule has 2 aliphatic heterocycles. The second-order valence-corrected chi connectivity index (χ2v) is 5.77. The minimum atomic E-state index is -0.967. The van der Waals surface area contributed by atoms with E-state index in [1.807, 2.05) is 6.07 Å². The molecule has 0 amide bonds. The highest BCUT2D eigenvalue weighted by atomic mass is 16.6. The maximum absolute atomic E-state index is 11.1. The third kappa shape index (κ3) is 2.40. The van der Waals surface area contributed by atoms with Gasteiger partial charge in [0.2, 0.25) is 0 Å². The van der Waals surface area contributed by atoms with Gasteiger partial charge in [-0.25, -0.2) is 4.79 Å². The molecule has 0 aliphatic carbocycles. The number of ether oxygens (including phenoxy) is 3. The Bertz CT molecular complexity index is 701. The summed E-state index contributed by atoms with van der Waals surface area (Å²) in [4.78, 5) is 11.1. The topological polar surface area (TPSA) is 88.8 Å². The molecular formula is C16H15NO5. The van der Waals surface area contributed by atoms with Crippen LogP contribution in [0.25, 0.3) is 0 Å². The first-order valence-electron chi connectivity index (χ1n) is 6.86. The van der Waals surface area contributed by atoms with E-state index in [2.05, 4.69) is 0 Å². The molecule has 0 radical (unpaired) electrons. The van der Waals surface area contributed by atoms with Crippen LogP contribution in [0.1, 0.15) is 31.1 Å². The van der Waals surface area contributed by atoms with E-state index in [1.165, 1.54) is 6.08 Å². The van der Waals surface area contributed by atoms with Gasteiger partial charge < -0.3 is 19.3 Å². The molecule has 0 spiro atoms. The van der Waals surface area contributed by atoms with Crippen molar-refractivity contribution in [1.82, 2.24) is 0 Å². The van der Waals surface area contributed by atoms with Crippen molar-refractivity contribution in [2.75, 3.05) is 6.61 Å². The van der Waals surface area contributed by atoms with Gasteiger partial charge >= 0.3 is 5.97 Å². The number of cyclic esters (lactones) is 1. The fourth-order valence-corrected chi connectivity index (χ4v) is 2.53. The summed E-state index contributed by atoms with van der Waals surface area (Å²) in [5, 5.41) is 19.6. The maximum atomic E-state index is 11.1. The molecule has 0 aromatic heterocycles. The van der Waals surface area contributed by atoms with E-state index in [0.717, 1.165) is 0 Å². The molecule has 3 rings (SSSR count). The molecule has 0 saturated carbocycles. The van der Waals surface area contributed by atoms with Crippen molar-refractivity contribution >= 4 is 5.97 Å². The summed E-state index contributed by atoms with van der Waals surface area (Å²) >= 11 is 0. The van der Waals surface area contributed by atoms with Crippen molar-refractivity contribution in [3.63, 3.8) is 0 Å². The highest BCUT2D eigenvalue weighted by Gasteiger charge is 2.45. The number of nitrogens with zero attached hydrogens (tertiary/aromatic N) is 1. The van der Waals surface area contributed by atoms with E-state index in [9.17, 15) is 9.90 Å². The largest absolute Gasteiger partial charge is 0.485 e.